The lowest BCUT2D eigenvalue weighted by Crippen LogP contribution is -2.21. The van der Waals surface area contributed by atoms with E-state index in [0.717, 1.165) is 13.2 Å². The van der Waals surface area contributed by atoms with Gasteiger partial charge in [-0.3, -0.25) is 0 Å². The van der Waals surface area contributed by atoms with Crippen molar-refractivity contribution in [3.63, 3.8) is 0 Å². The molecule has 106 valence electrons. The lowest BCUT2D eigenvalue weighted by molar-refractivity contribution is -0.153. The number of nitrogen functional groups attached to an aromatic ring is 2. The second-order valence-electron chi connectivity index (χ2n) is 3.47. The molecule has 0 saturated heterocycles. The molecule has 0 fully saturated rings. The molecule has 0 saturated carbocycles. The molecule has 0 atom stereocenters. The maximum atomic E-state index is 13.7. The second kappa shape index (κ2) is 5.21. The fourth-order valence-electron chi connectivity index (χ4n) is 1.22. The van der Waals surface area contributed by atoms with Crippen molar-refractivity contribution in [1.29, 1.82) is 0 Å². The predicted octanol–water partition coefficient (Wildman–Crippen LogP) is 1.72. The topological polar surface area (TPSA) is 87.6 Å². The zero-order chi connectivity index (χ0) is 14.8. The Hall–Kier alpha value is -2.19. The standard InChI is InChI=1S/C10H10F4N2O3/c1-18-9(17)4-2-5(15)7(16)6(11)8(4)19-3-10(12,13)14/h2H,3,15-16H2,1H3. The quantitative estimate of drug-likeness (QED) is 0.500. The summed E-state index contributed by atoms with van der Waals surface area (Å²) in [5.41, 5.74) is 9.05. The Labute approximate surface area is 105 Å². The van der Waals surface area contributed by atoms with Crippen LogP contribution in [0.4, 0.5) is 28.9 Å². The average Bonchev–Trinajstić information content (AvgIpc) is 2.32. The van der Waals surface area contributed by atoms with E-state index in [1.807, 2.05) is 0 Å². The van der Waals surface area contributed by atoms with Gasteiger partial charge < -0.3 is 20.9 Å². The number of alkyl halides is 3. The van der Waals surface area contributed by atoms with E-state index in [0.29, 0.717) is 0 Å². The molecule has 0 radical (unpaired) electrons. The van der Waals surface area contributed by atoms with Gasteiger partial charge in [0.1, 0.15) is 5.56 Å². The van der Waals surface area contributed by atoms with E-state index in [-0.39, 0.29) is 5.69 Å². The normalized spacial score (nSPS) is 11.2. The van der Waals surface area contributed by atoms with Gasteiger partial charge >= 0.3 is 12.1 Å². The summed E-state index contributed by atoms with van der Waals surface area (Å²) in [5.74, 6) is -3.39. The third-order valence-electron chi connectivity index (χ3n) is 2.08. The lowest BCUT2D eigenvalue weighted by atomic mass is 10.1. The van der Waals surface area contributed by atoms with Crippen LogP contribution in [0, 0.1) is 5.82 Å². The monoisotopic (exact) mass is 282 g/mol. The minimum atomic E-state index is -4.70. The molecule has 5 nitrogen and oxygen atoms in total. The number of esters is 1. The third kappa shape index (κ3) is 3.39. The van der Waals surface area contributed by atoms with Crippen molar-refractivity contribution in [2.75, 3.05) is 25.2 Å². The van der Waals surface area contributed by atoms with E-state index < -0.39 is 41.6 Å². The first-order valence-electron chi connectivity index (χ1n) is 4.82. The van der Waals surface area contributed by atoms with E-state index in [9.17, 15) is 22.4 Å². The molecule has 19 heavy (non-hydrogen) atoms. The molecule has 0 bridgehead atoms. The number of methoxy groups -OCH3 is 1. The Morgan fingerprint density at radius 1 is 1.37 bits per heavy atom. The van der Waals surface area contributed by atoms with Gasteiger partial charge in [0.05, 0.1) is 18.5 Å². The Bertz CT molecular complexity index is 503. The van der Waals surface area contributed by atoms with Crippen molar-refractivity contribution in [1.82, 2.24) is 0 Å². The summed E-state index contributed by atoms with van der Waals surface area (Å²) in [5, 5.41) is 0. The van der Waals surface area contributed by atoms with Crippen LogP contribution in [0.5, 0.6) is 5.75 Å². The van der Waals surface area contributed by atoms with E-state index in [1.165, 1.54) is 0 Å². The summed E-state index contributed by atoms with van der Waals surface area (Å²) >= 11 is 0. The molecule has 0 aliphatic carbocycles. The highest BCUT2D eigenvalue weighted by Gasteiger charge is 2.31. The molecule has 4 N–H and O–H groups in total. The first-order valence-corrected chi connectivity index (χ1v) is 4.82. The summed E-state index contributed by atoms with van der Waals surface area (Å²) in [4.78, 5) is 11.3. The number of anilines is 2. The summed E-state index contributed by atoms with van der Waals surface area (Å²) in [7, 11) is 0.973. The highest BCUT2D eigenvalue weighted by atomic mass is 19.4. The summed E-state index contributed by atoms with van der Waals surface area (Å²) in [6.45, 7) is -1.78. The van der Waals surface area contributed by atoms with Crippen molar-refractivity contribution in [2.24, 2.45) is 0 Å². The van der Waals surface area contributed by atoms with Gasteiger partial charge in [-0.2, -0.15) is 13.2 Å². The molecular formula is C10H10F4N2O3. The van der Waals surface area contributed by atoms with Gasteiger partial charge in [0, 0.05) is 0 Å². The van der Waals surface area contributed by atoms with Crippen LogP contribution in [0.25, 0.3) is 0 Å². The Morgan fingerprint density at radius 2 is 1.95 bits per heavy atom. The first kappa shape index (κ1) is 14.9. The molecule has 0 aliphatic rings. The number of halogens is 4. The van der Waals surface area contributed by atoms with Gasteiger partial charge in [0.25, 0.3) is 0 Å². The highest BCUT2D eigenvalue weighted by molar-refractivity contribution is 5.95. The number of carbonyl (C=O) groups excluding carboxylic acids is 1. The lowest BCUT2D eigenvalue weighted by Gasteiger charge is -2.15. The Kier molecular flexibility index (Phi) is 4.07. The molecule has 0 amide bonds. The van der Waals surface area contributed by atoms with Crippen LogP contribution in [0.1, 0.15) is 10.4 Å². The van der Waals surface area contributed by atoms with Crippen LogP contribution in [-0.2, 0) is 4.74 Å². The number of ether oxygens (including phenoxy) is 2. The largest absolute Gasteiger partial charge is 0.480 e. The summed E-state index contributed by atoms with van der Waals surface area (Å²) in [6.07, 6.45) is -4.70. The molecule has 9 heteroatoms. The van der Waals surface area contributed by atoms with E-state index in [2.05, 4.69) is 9.47 Å². The molecule has 1 rings (SSSR count). The number of hydrogen-bond donors (Lipinski definition) is 2. The molecular weight excluding hydrogens is 272 g/mol. The molecule has 0 heterocycles. The maximum absolute atomic E-state index is 13.7. The summed E-state index contributed by atoms with van der Waals surface area (Å²) < 4.78 is 58.4. The van der Waals surface area contributed by atoms with Crippen molar-refractivity contribution in [3.8, 4) is 5.75 Å². The number of nitrogens with two attached hydrogens (primary N) is 2. The van der Waals surface area contributed by atoms with E-state index in [1.54, 1.807) is 0 Å². The first-order chi connectivity index (χ1) is 8.67. The zero-order valence-electron chi connectivity index (χ0n) is 9.68. The van der Waals surface area contributed by atoms with E-state index >= 15 is 0 Å². The van der Waals surface area contributed by atoms with Crippen molar-refractivity contribution < 1.29 is 31.8 Å². The predicted molar refractivity (Wildman–Crippen MR) is 58.1 cm³/mol. The highest BCUT2D eigenvalue weighted by Crippen LogP contribution is 2.33. The Morgan fingerprint density at radius 3 is 2.42 bits per heavy atom. The van der Waals surface area contributed by atoms with Gasteiger partial charge in [0.2, 0.25) is 0 Å². The fourth-order valence-corrected chi connectivity index (χ4v) is 1.22. The van der Waals surface area contributed by atoms with Crippen LogP contribution in [-0.4, -0.2) is 25.9 Å². The zero-order valence-corrected chi connectivity index (χ0v) is 9.68. The maximum Gasteiger partial charge on any atom is 0.422 e. The second-order valence-corrected chi connectivity index (χ2v) is 3.47. The molecule has 1 aromatic carbocycles. The van der Waals surface area contributed by atoms with E-state index in [4.69, 9.17) is 11.5 Å². The van der Waals surface area contributed by atoms with Gasteiger partial charge in [-0.15, -0.1) is 0 Å². The molecule has 0 unspecified atom stereocenters. The van der Waals surface area contributed by atoms with Crippen LogP contribution in [0.15, 0.2) is 6.07 Å². The molecule has 0 spiro atoms. The minimum Gasteiger partial charge on any atom is -0.480 e. The number of rotatable bonds is 3. The number of benzene rings is 1. The molecule has 1 aromatic rings. The SMILES string of the molecule is COC(=O)c1cc(N)c(N)c(F)c1OCC(F)(F)F. The van der Waals surface area contributed by atoms with Crippen LogP contribution < -0.4 is 16.2 Å². The summed E-state index contributed by atoms with van der Waals surface area (Å²) in [6, 6.07) is 0.885. The van der Waals surface area contributed by atoms with Gasteiger partial charge in [-0.05, 0) is 6.07 Å². The molecule has 0 aliphatic heterocycles. The van der Waals surface area contributed by atoms with Crippen molar-refractivity contribution in [3.05, 3.63) is 17.4 Å². The Balaban J connectivity index is 3.26. The smallest absolute Gasteiger partial charge is 0.422 e. The minimum absolute atomic E-state index is 0.308. The third-order valence-corrected chi connectivity index (χ3v) is 2.08. The van der Waals surface area contributed by atoms with Crippen molar-refractivity contribution >= 4 is 17.3 Å². The van der Waals surface area contributed by atoms with Crippen LogP contribution >= 0.6 is 0 Å². The number of hydrogen-bond acceptors (Lipinski definition) is 5. The van der Waals surface area contributed by atoms with Crippen molar-refractivity contribution in [2.45, 2.75) is 6.18 Å². The van der Waals surface area contributed by atoms with Crippen LogP contribution in [0.2, 0.25) is 0 Å². The number of carbonyl (C=O) groups is 1. The van der Waals surface area contributed by atoms with Gasteiger partial charge in [-0.25, -0.2) is 9.18 Å². The average molecular weight is 282 g/mol. The van der Waals surface area contributed by atoms with Gasteiger partial charge in [0.15, 0.2) is 18.2 Å². The van der Waals surface area contributed by atoms with Crippen LogP contribution in [0.3, 0.4) is 0 Å². The van der Waals surface area contributed by atoms with Gasteiger partial charge in [-0.1, -0.05) is 0 Å². The molecule has 0 aromatic heterocycles. The fraction of sp³-hybridized carbons (Fsp3) is 0.300.